The van der Waals surface area contributed by atoms with Crippen LogP contribution in [-0.2, 0) is 9.53 Å². The zero-order valence-electron chi connectivity index (χ0n) is 30.9. The van der Waals surface area contributed by atoms with Crippen molar-refractivity contribution in [3.8, 4) is 0 Å². The molecule has 0 bridgehead atoms. The number of rotatable bonds is 13. The number of halogens is 1. The minimum Gasteiger partial charge on any atom is -0.393 e. The smallest absolute Gasteiger partial charge is 0.251 e. The average molecular weight is 667 g/mol. The van der Waals surface area contributed by atoms with Crippen molar-refractivity contribution in [3.63, 3.8) is 0 Å². The summed E-state index contributed by atoms with van der Waals surface area (Å²) in [5.41, 5.74) is 4.06. The third-order valence-corrected chi connectivity index (χ3v) is 16.2. The predicted octanol–water partition coefficient (Wildman–Crippen LogP) is 11.4. The van der Waals surface area contributed by atoms with Crippen LogP contribution in [0.25, 0.3) is 0 Å². The van der Waals surface area contributed by atoms with Crippen LogP contribution in [0.15, 0.2) is 48.6 Å². The molecule has 1 N–H and O–H groups in total. The van der Waals surface area contributed by atoms with Crippen LogP contribution >= 0.6 is 11.6 Å². The van der Waals surface area contributed by atoms with Crippen molar-refractivity contribution in [2.75, 3.05) is 13.2 Å². The third-order valence-electron chi connectivity index (χ3n) is 15.9. The van der Waals surface area contributed by atoms with Gasteiger partial charge >= 0.3 is 0 Å². The Bertz CT molecular complexity index is 1250. The number of carbonyl (C=O) groups excluding carboxylic acids is 1. The fraction of sp³-hybridized carbons (Fsp3) is 0.791. The summed E-state index contributed by atoms with van der Waals surface area (Å²) in [6, 6.07) is 0. The Hall–Kier alpha value is -1.16. The Kier molecular flexibility index (Phi) is 10.9. The fourth-order valence-electron chi connectivity index (χ4n) is 13.1. The zero-order chi connectivity index (χ0) is 34.4. The van der Waals surface area contributed by atoms with Gasteiger partial charge < -0.3 is 9.84 Å². The second-order valence-electron chi connectivity index (χ2n) is 18.4. The topological polar surface area (TPSA) is 46.5 Å². The van der Waals surface area contributed by atoms with E-state index in [0.717, 1.165) is 62.7 Å². The van der Waals surface area contributed by atoms with Gasteiger partial charge in [0.25, 0.3) is 5.24 Å². The monoisotopic (exact) mass is 666 g/mol. The standard InChI is InChI=1S/C43H67ClO3/c1-29(2)32-19-24-43(28-47-27-13-11-10-12-14-30(3)15-16-31(4)38(44)46)26-25-41(8)33(37(32)43)17-18-35-40(7)22-21-36(45)39(5,6)34(40)20-23-42(35,41)9/h15-16,32-37,45H,1,3-4,10-14,17-28H2,2,5-9H3/b16-15-/t32-,33+,34-,35+,36-,37+,40-,41+,42+,43+/m0/s1. The molecule has 0 radical (unpaired) electrons. The van der Waals surface area contributed by atoms with Crippen molar-refractivity contribution in [3.05, 3.63) is 48.6 Å². The molecule has 5 saturated carbocycles. The summed E-state index contributed by atoms with van der Waals surface area (Å²) in [7, 11) is 0. The van der Waals surface area contributed by atoms with Crippen molar-refractivity contribution >= 4 is 16.8 Å². The number of ether oxygens (including phenoxy) is 1. The number of hydrogen-bond acceptors (Lipinski definition) is 3. The maximum Gasteiger partial charge on any atom is 0.251 e. The van der Waals surface area contributed by atoms with E-state index in [1.54, 1.807) is 6.08 Å². The van der Waals surface area contributed by atoms with Gasteiger partial charge in [-0.25, -0.2) is 0 Å². The SMILES string of the molecule is C=C(/C=C\C(=C)C(=O)Cl)CCCCCCOC[C@]12CC[C@@H](C(=C)C)[C@@H]1[C@H]1CC[C@@H]3[C@@]4(C)CC[C@H](O)C(C)(C)[C@@H]4CC[C@@]3(C)[C@]1(C)CC2. The van der Waals surface area contributed by atoms with Gasteiger partial charge in [-0.3, -0.25) is 4.79 Å². The number of hydrogen-bond donors (Lipinski definition) is 1. The maximum atomic E-state index is 11.1. The Morgan fingerprint density at radius 2 is 1.55 bits per heavy atom. The zero-order valence-corrected chi connectivity index (χ0v) is 31.7. The summed E-state index contributed by atoms with van der Waals surface area (Å²) in [5.74, 6) is 3.43. The molecule has 0 aliphatic heterocycles. The van der Waals surface area contributed by atoms with Gasteiger partial charge in [0.05, 0.1) is 12.7 Å². The first-order valence-electron chi connectivity index (χ1n) is 19.2. The molecule has 0 spiro atoms. The summed E-state index contributed by atoms with van der Waals surface area (Å²) >= 11 is 5.46. The van der Waals surface area contributed by atoms with E-state index in [-0.39, 0.29) is 11.5 Å². The number of carbonyl (C=O) groups is 1. The van der Waals surface area contributed by atoms with E-state index < -0.39 is 5.24 Å². The maximum absolute atomic E-state index is 11.1. The largest absolute Gasteiger partial charge is 0.393 e. The number of allylic oxidation sites excluding steroid dienone is 5. The van der Waals surface area contributed by atoms with E-state index in [4.69, 9.17) is 16.3 Å². The molecule has 0 amide bonds. The van der Waals surface area contributed by atoms with E-state index in [1.807, 2.05) is 6.08 Å². The molecular formula is C43H67ClO3. The number of aliphatic hydroxyl groups excluding tert-OH is 1. The number of fused-ring (bicyclic) bond motifs is 7. The summed E-state index contributed by atoms with van der Waals surface area (Å²) in [4.78, 5) is 11.1. The molecule has 0 heterocycles. The first kappa shape index (κ1) is 37.1. The van der Waals surface area contributed by atoms with Gasteiger partial charge in [0.15, 0.2) is 0 Å². The van der Waals surface area contributed by atoms with Crippen LogP contribution in [0.4, 0.5) is 0 Å². The van der Waals surface area contributed by atoms with Gasteiger partial charge in [-0.2, -0.15) is 0 Å². The van der Waals surface area contributed by atoms with Crippen LogP contribution in [0.5, 0.6) is 0 Å². The van der Waals surface area contributed by atoms with E-state index in [2.05, 4.69) is 61.3 Å². The van der Waals surface area contributed by atoms with Crippen molar-refractivity contribution in [1.82, 2.24) is 0 Å². The highest BCUT2D eigenvalue weighted by atomic mass is 35.5. The molecule has 5 aliphatic rings. The summed E-state index contributed by atoms with van der Waals surface area (Å²) in [5, 5.41) is 10.6. The third kappa shape index (κ3) is 6.46. The molecule has 0 saturated heterocycles. The highest BCUT2D eigenvalue weighted by molar-refractivity contribution is 6.68. The lowest BCUT2D eigenvalue weighted by molar-refractivity contribution is -0.250. The van der Waals surface area contributed by atoms with Crippen LogP contribution in [-0.4, -0.2) is 29.7 Å². The second kappa shape index (κ2) is 13.9. The summed E-state index contributed by atoms with van der Waals surface area (Å²) in [6.07, 6.45) is 21.5. The minimum absolute atomic E-state index is 0.0104. The highest BCUT2D eigenvalue weighted by Crippen LogP contribution is 2.77. The molecule has 5 aliphatic carbocycles. The molecule has 47 heavy (non-hydrogen) atoms. The number of aliphatic hydroxyl groups is 1. The lowest BCUT2D eigenvalue weighted by Crippen LogP contribution is -2.66. The van der Waals surface area contributed by atoms with E-state index in [0.29, 0.717) is 45.0 Å². The quantitative estimate of drug-likeness (QED) is 0.0699. The Labute approximate surface area is 293 Å². The summed E-state index contributed by atoms with van der Waals surface area (Å²) in [6.45, 7) is 29.3. The molecule has 0 aromatic rings. The second-order valence-corrected chi connectivity index (χ2v) is 18.8. The lowest BCUT2D eigenvalue weighted by Gasteiger charge is -2.73. The molecule has 0 unspecified atom stereocenters. The van der Waals surface area contributed by atoms with Crippen molar-refractivity contribution < 1.29 is 14.6 Å². The Balaban J connectivity index is 1.21. The minimum atomic E-state index is -0.515. The predicted molar refractivity (Wildman–Crippen MR) is 197 cm³/mol. The molecular weight excluding hydrogens is 600 g/mol. The molecule has 5 fully saturated rings. The number of unbranched alkanes of at least 4 members (excludes halogenated alkanes) is 3. The van der Waals surface area contributed by atoms with Crippen molar-refractivity contribution in [1.29, 1.82) is 0 Å². The van der Waals surface area contributed by atoms with Crippen LogP contribution in [0.2, 0.25) is 0 Å². The highest BCUT2D eigenvalue weighted by Gasteiger charge is 2.70. The normalized spacial score (nSPS) is 42.2. The van der Waals surface area contributed by atoms with Gasteiger partial charge in [0.2, 0.25) is 0 Å². The van der Waals surface area contributed by atoms with Crippen LogP contribution < -0.4 is 0 Å². The average Bonchev–Trinajstić information content (AvgIpc) is 3.39. The molecule has 0 aromatic heterocycles. The first-order chi connectivity index (χ1) is 22.0. The van der Waals surface area contributed by atoms with Gasteiger partial charge in [0.1, 0.15) is 0 Å². The first-order valence-corrected chi connectivity index (χ1v) is 19.6. The van der Waals surface area contributed by atoms with Crippen LogP contribution in [0.1, 0.15) is 138 Å². The molecule has 10 atom stereocenters. The fourth-order valence-corrected chi connectivity index (χ4v) is 13.1. The van der Waals surface area contributed by atoms with Gasteiger partial charge in [-0.1, -0.05) is 90.5 Å². The lowest BCUT2D eigenvalue weighted by atomic mass is 9.32. The molecule has 0 aromatic carbocycles. The molecule has 5 rings (SSSR count). The van der Waals surface area contributed by atoms with E-state index in [1.165, 1.54) is 69.8 Å². The van der Waals surface area contributed by atoms with E-state index >= 15 is 0 Å². The van der Waals surface area contributed by atoms with Gasteiger partial charge in [-0.15, -0.1) is 0 Å². The Morgan fingerprint density at radius 1 is 0.830 bits per heavy atom. The van der Waals surface area contributed by atoms with Gasteiger partial charge in [-0.05, 0) is 159 Å². The van der Waals surface area contributed by atoms with Crippen LogP contribution in [0.3, 0.4) is 0 Å². The molecule has 3 nitrogen and oxygen atoms in total. The van der Waals surface area contributed by atoms with Gasteiger partial charge in [0, 0.05) is 12.2 Å². The molecule has 264 valence electrons. The van der Waals surface area contributed by atoms with Crippen molar-refractivity contribution in [2.45, 2.75) is 144 Å². The van der Waals surface area contributed by atoms with E-state index in [9.17, 15) is 9.90 Å². The van der Waals surface area contributed by atoms with Crippen molar-refractivity contribution in [2.24, 2.45) is 56.7 Å². The molecule has 4 heteroatoms. The Morgan fingerprint density at radius 3 is 2.26 bits per heavy atom. The summed E-state index contributed by atoms with van der Waals surface area (Å²) < 4.78 is 6.65. The van der Waals surface area contributed by atoms with Crippen LogP contribution in [0, 0.1) is 56.7 Å².